The third kappa shape index (κ3) is 5.86. The van der Waals surface area contributed by atoms with E-state index in [9.17, 15) is 13.6 Å². The molecule has 4 nitrogen and oxygen atoms in total. The third-order valence-corrected chi connectivity index (χ3v) is 4.06. The molecule has 0 spiro atoms. The Labute approximate surface area is 157 Å². The Hall–Kier alpha value is -1.86. The van der Waals surface area contributed by atoms with E-state index in [1.165, 1.54) is 6.07 Å². The number of hydrogen-bond donors (Lipinski definition) is 1. The number of hydrogen-bond acceptors (Lipinski definition) is 3. The van der Waals surface area contributed by atoms with Crippen LogP contribution in [0.3, 0.4) is 0 Å². The summed E-state index contributed by atoms with van der Waals surface area (Å²) >= 11 is 9.16. The van der Waals surface area contributed by atoms with Gasteiger partial charge in [-0.05, 0) is 47.1 Å². The first-order chi connectivity index (χ1) is 11.9. The van der Waals surface area contributed by atoms with Crippen molar-refractivity contribution in [2.24, 2.45) is 0 Å². The highest BCUT2D eigenvalue weighted by molar-refractivity contribution is 9.10. The van der Waals surface area contributed by atoms with Gasteiger partial charge in [0, 0.05) is 17.1 Å². The maximum absolute atomic E-state index is 12.4. The topological polar surface area (TPSA) is 47.6 Å². The molecule has 1 atom stereocenters. The van der Waals surface area contributed by atoms with E-state index in [-0.39, 0.29) is 12.3 Å². The fraction of sp³-hybridized carbons (Fsp3) is 0.235. The SMILES string of the molecule is CC(Oc1ccc(Cl)cc1Br)C(=O)NCc1ccccc1OC(F)F. The van der Waals surface area contributed by atoms with Crippen LogP contribution in [0.1, 0.15) is 12.5 Å². The Balaban J connectivity index is 1.96. The van der Waals surface area contributed by atoms with Crippen molar-refractivity contribution >= 4 is 33.4 Å². The molecule has 2 aromatic carbocycles. The number of carbonyl (C=O) groups excluding carboxylic acids is 1. The predicted octanol–water partition coefficient (Wildman–Crippen LogP) is 4.79. The third-order valence-electron chi connectivity index (χ3n) is 3.21. The van der Waals surface area contributed by atoms with Gasteiger partial charge in [0.1, 0.15) is 11.5 Å². The number of carbonyl (C=O) groups is 1. The zero-order valence-corrected chi connectivity index (χ0v) is 15.5. The molecular weight excluding hydrogens is 420 g/mol. The van der Waals surface area contributed by atoms with Gasteiger partial charge in [0.05, 0.1) is 4.47 Å². The van der Waals surface area contributed by atoms with Crippen molar-refractivity contribution in [2.75, 3.05) is 0 Å². The van der Waals surface area contributed by atoms with Gasteiger partial charge in [0.25, 0.3) is 5.91 Å². The zero-order chi connectivity index (χ0) is 18.4. The number of halogens is 4. The van der Waals surface area contributed by atoms with Crippen LogP contribution in [0.2, 0.25) is 5.02 Å². The van der Waals surface area contributed by atoms with E-state index < -0.39 is 18.6 Å². The van der Waals surface area contributed by atoms with E-state index in [1.807, 2.05) is 0 Å². The summed E-state index contributed by atoms with van der Waals surface area (Å²) in [5, 5.41) is 3.17. The van der Waals surface area contributed by atoms with Gasteiger partial charge in [-0.3, -0.25) is 4.79 Å². The van der Waals surface area contributed by atoms with Crippen molar-refractivity contribution in [1.82, 2.24) is 5.32 Å². The number of para-hydroxylation sites is 1. The van der Waals surface area contributed by atoms with Gasteiger partial charge in [-0.25, -0.2) is 0 Å². The number of benzene rings is 2. The molecule has 2 rings (SSSR count). The molecule has 0 aliphatic carbocycles. The normalized spacial score (nSPS) is 11.9. The fourth-order valence-electron chi connectivity index (χ4n) is 2.00. The molecule has 0 saturated heterocycles. The van der Waals surface area contributed by atoms with Crippen LogP contribution in [-0.4, -0.2) is 18.6 Å². The minimum absolute atomic E-state index is 0.0202. The molecule has 0 saturated carbocycles. The average molecular weight is 435 g/mol. The molecule has 2 aromatic rings. The summed E-state index contributed by atoms with van der Waals surface area (Å²) in [4.78, 5) is 12.2. The van der Waals surface area contributed by atoms with E-state index in [1.54, 1.807) is 43.3 Å². The van der Waals surface area contributed by atoms with Crippen LogP contribution in [-0.2, 0) is 11.3 Å². The first kappa shape index (κ1) is 19.5. The summed E-state index contributed by atoms with van der Waals surface area (Å²) in [5.41, 5.74) is 0.441. The Kier molecular flexibility index (Phi) is 7.01. The van der Waals surface area contributed by atoms with Crippen LogP contribution < -0.4 is 14.8 Å². The van der Waals surface area contributed by atoms with Gasteiger partial charge in [-0.2, -0.15) is 8.78 Å². The molecule has 8 heteroatoms. The molecule has 1 N–H and O–H groups in total. The Morgan fingerprint density at radius 2 is 1.92 bits per heavy atom. The first-order valence-electron chi connectivity index (χ1n) is 7.29. The van der Waals surface area contributed by atoms with Crippen LogP contribution in [0.25, 0.3) is 0 Å². The first-order valence-corrected chi connectivity index (χ1v) is 8.46. The average Bonchev–Trinajstić information content (AvgIpc) is 2.55. The quantitative estimate of drug-likeness (QED) is 0.682. The molecule has 0 bridgehead atoms. The summed E-state index contributed by atoms with van der Waals surface area (Å²) in [6.07, 6.45) is -0.791. The molecule has 0 fully saturated rings. The van der Waals surface area contributed by atoms with E-state index >= 15 is 0 Å². The highest BCUT2D eigenvalue weighted by atomic mass is 79.9. The lowest BCUT2D eigenvalue weighted by Gasteiger charge is -2.17. The van der Waals surface area contributed by atoms with Crippen LogP contribution in [0, 0.1) is 0 Å². The zero-order valence-electron chi connectivity index (χ0n) is 13.1. The van der Waals surface area contributed by atoms with Crippen molar-refractivity contribution in [1.29, 1.82) is 0 Å². The summed E-state index contributed by atoms with van der Waals surface area (Å²) in [5.74, 6) is 0.0917. The number of amides is 1. The molecular formula is C17H15BrClF2NO3. The largest absolute Gasteiger partial charge is 0.480 e. The van der Waals surface area contributed by atoms with Gasteiger partial charge in [0.2, 0.25) is 0 Å². The monoisotopic (exact) mass is 433 g/mol. The Bertz CT molecular complexity index is 746. The van der Waals surface area contributed by atoms with Crippen molar-refractivity contribution in [2.45, 2.75) is 26.2 Å². The van der Waals surface area contributed by atoms with Crippen LogP contribution >= 0.6 is 27.5 Å². The molecule has 0 aliphatic rings. The molecule has 1 amide bonds. The highest BCUT2D eigenvalue weighted by Gasteiger charge is 2.17. The molecule has 25 heavy (non-hydrogen) atoms. The highest BCUT2D eigenvalue weighted by Crippen LogP contribution is 2.28. The van der Waals surface area contributed by atoms with Crippen LogP contribution in [0.5, 0.6) is 11.5 Å². The standard InChI is InChI=1S/C17H15BrClF2NO3/c1-10(24-15-7-6-12(19)8-13(15)18)16(23)22-9-11-4-2-3-5-14(11)25-17(20)21/h2-8,10,17H,9H2,1H3,(H,22,23). The number of ether oxygens (including phenoxy) is 2. The van der Waals surface area contributed by atoms with Gasteiger partial charge < -0.3 is 14.8 Å². The summed E-state index contributed by atoms with van der Waals surface area (Å²) in [6.45, 7) is -1.31. The molecule has 0 radical (unpaired) electrons. The fourth-order valence-corrected chi connectivity index (χ4v) is 2.78. The Morgan fingerprint density at radius 1 is 1.20 bits per heavy atom. The van der Waals surface area contributed by atoms with Crippen molar-refractivity contribution in [3.8, 4) is 11.5 Å². The predicted molar refractivity (Wildman–Crippen MR) is 94.2 cm³/mol. The maximum atomic E-state index is 12.4. The molecule has 0 heterocycles. The second kappa shape index (κ2) is 9.01. The molecule has 0 aliphatic heterocycles. The van der Waals surface area contributed by atoms with E-state index in [0.717, 1.165) is 0 Å². The minimum Gasteiger partial charge on any atom is -0.480 e. The van der Waals surface area contributed by atoms with Crippen molar-refractivity contribution < 1.29 is 23.0 Å². The number of alkyl halides is 2. The summed E-state index contributed by atoms with van der Waals surface area (Å²) in [6, 6.07) is 11.2. The second-order valence-electron chi connectivity index (χ2n) is 5.04. The molecule has 0 aromatic heterocycles. The lowest BCUT2D eigenvalue weighted by molar-refractivity contribution is -0.127. The van der Waals surface area contributed by atoms with E-state index in [4.69, 9.17) is 16.3 Å². The van der Waals surface area contributed by atoms with Gasteiger partial charge >= 0.3 is 6.61 Å². The second-order valence-corrected chi connectivity index (χ2v) is 6.33. The van der Waals surface area contributed by atoms with Gasteiger partial charge in [0.15, 0.2) is 6.10 Å². The smallest absolute Gasteiger partial charge is 0.387 e. The lowest BCUT2D eigenvalue weighted by Crippen LogP contribution is -2.36. The van der Waals surface area contributed by atoms with Crippen molar-refractivity contribution in [3.05, 3.63) is 57.5 Å². The summed E-state index contributed by atoms with van der Waals surface area (Å²) in [7, 11) is 0. The summed E-state index contributed by atoms with van der Waals surface area (Å²) < 4.78 is 35.4. The van der Waals surface area contributed by atoms with Gasteiger partial charge in [-0.1, -0.05) is 29.8 Å². The van der Waals surface area contributed by atoms with Crippen LogP contribution in [0.15, 0.2) is 46.9 Å². The molecule has 134 valence electrons. The van der Waals surface area contributed by atoms with Gasteiger partial charge in [-0.15, -0.1) is 0 Å². The van der Waals surface area contributed by atoms with E-state index in [0.29, 0.717) is 20.8 Å². The number of nitrogens with one attached hydrogen (secondary N) is 1. The maximum Gasteiger partial charge on any atom is 0.387 e. The van der Waals surface area contributed by atoms with E-state index in [2.05, 4.69) is 26.0 Å². The molecule has 1 unspecified atom stereocenters. The number of rotatable bonds is 7. The van der Waals surface area contributed by atoms with Crippen LogP contribution in [0.4, 0.5) is 8.78 Å². The van der Waals surface area contributed by atoms with Crippen molar-refractivity contribution in [3.63, 3.8) is 0 Å². The Morgan fingerprint density at radius 3 is 2.60 bits per heavy atom. The lowest BCUT2D eigenvalue weighted by atomic mass is 10.2. The minimum atomic E-state index is -2.93.